The summed E-state index contributed by atoms with van der Waals surface area (Å²) < 4.78 is 0.997. The van der Waals surface area contributed by atoms with Crippen LogP contribution in [-0.2, 0) is 0 Å². The first-order chi connectivity index (χ1) is 4.55. The lowest BCUT2D eigenvalue weighted by atomic mass is 10.1. The maximum absolute atomic E-state index is 2.24. The Labute approximate surface area is 75.4 Å². The highest BCUT2D eigenvalue weighted by molar-refractivity contribution is 5.12. The van der Waals surface area contributed by atoms with E-state index in [-0.39, 0.29) is 12.4 Å². The third kappa shape index (κ3) is 1.85. The largest absolute Gasteiger partial charge is 1.00 e. The number of hydrogen-bond donors (Lipinski definition) is 0. The molecule has 1 heterocycles. The van der Waals surface area contributed by atoms with Crippen molar-refractivity contribution >= 4 is 0 Å². The molecule has 1 rings (SSSR count). The Morgan fingerprint density at radius 2 is 1.91 bits per heavy atom. The molecule has 0 N–H and O–H groups in total. The van der Waals surface area contributed by atoms with Crippen molar-refractivity contribution in [1.29, 1.82) is 0 Å². The van der Waals surface area contributed by atoms with Gasteiger partial charge in [-0.2, -0.15) is 0 Å². The fourth-order valence-electron chi connectivity index (χ4n) is 1.08. The number of halogens is 1. The van der Waals surface area contributed by atoms with E-state index >= 15 is 0 Å². The second-order valence-corrected chi connectivity index (χ2v) is 3.47. The predicted octanol–water partition coefficient (Wildman–Crippen LogP) is -1.07. The van der Waals surface area contributed by atoms with E-state index in [1.165, 1.54) is 5.70 Å². The van der Waals surface area contributed by atoms with E-state index in [9.17, 15) is 0 Å². The molecule has 1 aliphatic rings. The molecule has 0 fully saturated rings. The van der Waals surface area contributed by atoms with Gasteiger partial charge in [-0.1, -0.05) is 6.08 Å². The van der Waals surface area contributed by atoms with Crippen LogP contribution >= 0.6 is 0 Å². The normalized spacial score (nSPS) is 27.3. The minimum Gasteiger partial charge on any atom is -1.00 e. The summed E-state index contributed by atoms with van der Waals surface area (Å²) in [4.78, 5) is 0. The van der Waals surface area contributed by atoms with Crippen molar-refractivity contribution in [2.45, 2.75) is 19.9 Å². The highest BCUT2D eigenvalue weighted by Gasteiger charge is 2.25. The summed E-state index contributed by atoms with van der Waals surface area (Å²) in [5.74, 6) is 0. The van der Waals surface area contributed by atoms with Crippen LogP contribution in [0.2, 0.25) is 0 Å². The third-order valence-corrected chi connectivity index (χ3v) is 2.65. The highest BCUT2D eigenvalue weighted by atomic mass is 35.5. The van der Waals surface area contributed by atoms with Crippen molar-refractivity contribution < 1.29 is 16.9 Å². The van der Waals surface area contributed by atoms with Gasteiger partial charge in [0.1, 0.15) is 11.7 Å². The molecule has 0 aromatic carbocycles. The van der Waals surface area contributed by atoms with Crippen LogP contribution in [0.3, 0.4) is 0 Å². The molecule has 0 radical (unpaired) electrons. The number of quaternary nitrogens is 1. The molecule has 0 saturated carbocycles. The Morgan fingerprint density at radius 3 is 2.27 bits per heavy atom. The highest BCUT2D eigenvalue weighted by Crippen LogP contribution is 2.20. The van der Waals surface area contributed by atoms with Crippen molar-refractivity contribution in [3.63, 3.8) is 0 Å². The van der Waals surface area contributed by atoms with Crippen molar-refractivity contribution in [2.75, 3.05) is 14.1 Å². The van der Waals surface area contributed by atoms with Gasteiger partial charge in [0.15, 0.2) is 0 Å². The van der Waals surface area contributed by atoms with Gasteiger partial charge < -0.3 is 12.4 Å². The van der Waals surface area contributed by atoms with Gasteiger partial charge in [-0.05, 0) is 19.1 Å². The van der Waals surface area contributed by atoms with Crippen molar-refractivity contribution in [3.8, 4) is 0 Å². The van der Waals surface area contributed by atoms with E-state index in [0.29, 0.717) is 6.04 Å². The zero-order valence-electron chi connectivity index (χ0n) is 7.63. The zero-order chi connectivity index (χ0) is 7.78. The molecular weight excluding hydrogens is 158 g/mol. The molecule has 64 valence electrons. The van der Waals surface area contributed by atoms with Crippen LogP contribution in [0.25, 0.3) is 0 Å². The second kappa shape index (κ2) is 3.42. The minimum absolute atomic E-state index is 0. The first-order valence-corrected chi connectivity index (χ1v) is 3.74. The molecule has 1 aliphatic heterocycles. The lowest BCUT2D eigenvalue weighted by molar-refractivity contribution is -0.870. The topological polar surface area (TPSA) is 0 Å². The van der Waals surface area contributed by atoms with Gasteiger partial charge in [-0.15, -0.1) is 0 Å². The molecule has 0 spiro atoms. The molecule has 0 amide bonds. The Hall–Kier alpha value is -0.270. The van der Waals surface area contributed by atoms with Crippen molar-refractivity contribution in [2.24, 2.45) is 0 Å². The summed E-state index contributed by atoms with van der Waals surface area (Å²) in [6.07, 6.45) is 6.57. The average molecular weight is 174 g/mol. The molecule has 1 atom stereocenters. The fraction of sp³-hybridized carbons (Fsp3) is 0.556. The van der Waals surface area contributed by atoms with E-state index in [2.05, 4.69) is 46.2 Å². The van der Waals surface area contributed by atoms with Crippen LogP contribution in [0.15, 0.2) is 23.9 Å². The summed E-state index contributed by atoms with van der Waals surface area (Å²) in [7, 11) is 4.47. The summed E-state index contributed by atoms with van der Waals surface area (Å²) in [6.45, 7) is 4.42. The molecule has 0 bridgehead atoms. The van der Waals surface area contributed by atoms with Crippen LogP contribution in [0, 0.1) is 0 Å². The van der Waals surface area contributed by atoms with Gasteiger partial charge in [0.2, 0.25) is 0 Å². The molecule has 2 heteroatoms. The maximum atomic E-state index is 2.24. The van der Waals surface area contributed by atoms with Crippen LogP contribution in [-0.4, -0.2) is 24.6 Å². The van der Waals surface area contributed by atoms with Crippen LogP contribution in [0.5, 0.6) is 0 Å². The van der Waals surface area contributed by atoms with Gasteiger partial charge >= 0.3 is 0 Å². The third-order valence-electron chi connectivity index (χ3n) is 2.65. The van der Waals surface area contributed by atoms with Gasteiger partial charge in [0, 0.05) is 6.92 Å². The van der Waals surface area contributed by atoms with Crippen molar-refractivity contribution in [3.05, 3.63) is 23.9 Å². The summed E-state index contributed by atoms with van der Waals surface area (Å²) in [5.41, 5.74) is 1.43. The second-order valence-electron chi connectivity index (χ2n) is 3.47. The van der Waals surface area contributed by atoms with Gasteiger partial charge in [-0.25, -0.2) is 0 Å². The van der Waals surface area contributed by atoms with Gasteiger partial charge in [0.25, 0.3) is 0 Å². The summed E-state index contributed by atoms with van der Waals surface area (Å²) in [5, 5.41) is 0. The van der Waals surface area contributed by atoms with E-state index in [1.807, 2.05) is 0 Å². The van der Waals surface area contributed by atoms with E-state index in [0.717, 1.165) is 4.48 Å². The van der Waals surface area contributed by atoms with E-state index in [4.69, 9.17) is 0 Å². The first-order valence-electron chi connectivity index (χ1n) is 3.74. The Morgan fingerprint density at radius 1 is 1.36 bits per heavy atom. The van der Waals surface area contributed by atoms with Crippen LogP contribution in [0.4, 0.5) is 0 Å². The zero-order valence-corrected chi connectivity index (χ0v) is 8.39. The van der Waals surface area contributed by atoms with Crippen LogP contribution < -0.4 is 12.4 Å². The van der Waals surface area contributed by atoms with Gasteiger partial charge in [0.05, 0.1) is 14.1 Å². The average Bonchev–Trinajstić information content (AvgIpc) is 1.84. The lowest BCUT2D eigenvalue weighted by Gasteiger charge is -2.36. The Bertz CT molecular complexity index is 192. The maximum Gasteiger partial charge on any atom is 0.109 e. The molecule has 1 nitrogen and oxygen atoms in total. The number of hydrogen-bond acceptors (Lipinski definition) is 0. The standard InChI is InChI=1S/C9H16N.ClH/c1-8-6-5-7-9(2)10(8,3)4;/h5-8H,1-4H3;1H/q+1;/p-1. The monoisotopic (exact) mass is 173 g/mol. The molecule has 0 aromatic heterocycles. The molecule has 0 aromatic rings. The Balaban J connectivity index is 0.000001000. The predicted molar refractivity (Wildman–Crippen MR) is 44.5 cm³/mol. The smallest absolute Gasteiger partial charge is 0.109 e. The number of likely N-dealkylation sites (N-methyl/N-ethyl adjacent to an activating group) is 1. The lowest BCUT2D eigenvalue weighted by Crippen LogP contribution is -3.00. The fourth-order valence-corrected chi connectivity index (χ4v) is 1.08. The number of rotatable bonds is 0. The first kappa shape index (κ1) is 10.7. The molecular formula is C9H16ClN. The SMILES string of the molecule is CC1=CC=CC(C)[N+]1(C)C.[Cl-]. The molecule has 0 aliphatic carbocycles. The summed E-state index contributed by atoms with van der Waals surface area (Å²) >= 11 is 0. The molecule has 11 heavy (non-hydrogen) atoms. The van der Waals surface area contributed by atoms with Crippen LogP contribution in [0.1, 0.15) is 13.8 Å². The summed E-state index contributed by atoms with van der Waals surface area (Å²) in [6, 6.07) is 0.616. The van der Waals surface area contributed by atoms with E-state index in [1.54, 1.807) is 0 Å². The Kier molecular flexibility index (Phi) is 3.33. The number of nitrogens with zero attached hydrogens (tertiary/aromatic N) is 1. The van der Waals surface area contributed by atoms with Crippen molar-refractivity contribution in [1.82, 2.24) is 0 Å². The number of allylic oxidation sites excluding steroid dienone is 3. The quantitative estimate of drug-likeness (QED) is 0.410. The molecule has 0 saturated heterocycles. The minimum atomic E-state index is 0. The van der Waals surface area contributed by atoms with E-state index < -0.39 is 0 Å². The molecule has 1 unspecified atom stereocenters. The van der Waals surface area contributed by atoms with Gasteiger partial charge in [-0.3, -0.25) is 4.48 Å².